The highest BCUT2D eigenvalue weighted by Gasteiger charge is 2.34. The molecule has 1 aromatic rings. The van der Waals surface area contributed by atoms with Crippen molar-refractivity contribution in [3.05, 3.63) is 29.3 Å². The molecule has 0 unspecified atom stereocenters. The summed E-state index contributed by atoms with van der Waals surface area (Å²) in [7, 11) is -3.56. The zero-order valence-corrected chi connectivity index (χ0v) is 14.1. The van der Waals surface area contributed by atoms with E-state index in [1.54, 1.807) is 6.07 Å². The van der Waals surface area contributed by atoms with Gasteiger partial charge in [-0.05, 0) is 38.3 Å². The zero-order chi connectivity index (χ0) is 15.6. The van der Waals surface area contributed by atoms with Crippen molar-refractivity contribution in [2.75, 3.05) is 6.54 Å². The Bertz CT molecular complexity index is 635. The Kier molecular flexibility index (Phi) is 5.01. The first-order valence-electron chi connectivity index (χ1n) is 7.20. The minimum Gasteiger partial charge on any atom is -0.392 e. The van der Waals surface area contributed by atoms with Crippen LogP contribution in [0, 0.1) is 13.8 Å². The number of hydrogen-bond donors (Lipinski definition) is 1. The summed E-state index contributed by atoms with van der Waals surface area (Å²) in [6, 6.07) is 5.41. The molecule has 21 heavy (non-hydrogen) atoms. The van der Waals surface area contributed by atoms with Crippen molar-refractivity contribution in [2.45, 2.75) is 50.5 Å². The number of thiocarbonyl (C=S) groups is 1. The maximum Gasteiger partial charge on any atom is 0.243 e. The zero-order valence-electron chi connectivity index (χ0n) is 12.5. The molecule has 116 valence electrons. The van der Waals surface area contributed by atoms with Gasteiger partial charge in [-0.2, -0.15) is 4.31 Å². The molecule has 1 aliphatic rings. The monoisotopic (exact) mass is 326 g/mol. The lowest BCUT2D eigenvalue weighted by atomic mass is 10.2. The minimum absolute atomic E-state index is 0.0113. The van der Waals surface area contributed by atoms with Crippen molar-refractivity contribution in [3.63, 3.8) is 0 Å². The van der Waals surface area contributed by atoms with Gasteiger partial charge in [-0.15, -0.1) is 0 Å². The highest BCUT2D eigenvalue weighted by molar-refractivity contribution is 7.89. The Morgan fingerprint density at radius 2 is 1.95 bits per heavy atom. The van der Waals surface area contributed by atoms with Gasteiger partial charge >= 0.3 is 0 Å². The quantitative estimate of drug-likeness (QED) is 0.845. The third kappa shape index (κ3) is 3.62. The van der Waals surface area contributed by atoms with Gasteiger partial charge in [0.2, 0.25) is 10.0 Å². The largest absolute Gasteiger partial charge is 0.392 e. The molecule has 2 N–H and O–H groups in total. The van der Waals surface area contributed by atoms with Crippen LogP contribution >= 0.6 is 12.2 Å². The molecule has 4 nitrogen and oxygen atoms in total. The number of hydrogen-bond acceptors (Lipinski definition) is 3. The molecular formula is C15H22N2O2S2. The Balaban J connectivity index is 2.43. The lowest BCUT2D eigenvalue weighted by Crippen LogP contribution is -2.43. The Morgan fingerprint density at radius 3 is 2.48 bits per heavy atom. The van der Waals surface area contributed by atoms with E-state index in [4.69, 9.17) is 18.0 Å². The van der Waals surface area contributed by atoms with Crippen LogP contribution in [0.5, 0.6) is 0 Å². The standard InChI is InChI=1S/C15H22N2O2S2/c1-11-7-8-14(12(2)9-11)21(18,19)17(10-15(16)20)13-5-3-4-6-13/h7-9,13H,3-6,10H2,1-2H3,(H2,16,20). The van der Waals surface area contributed by atoms with Gasteiger partial charge in [-0.3, -0.25) is 0 Å². The molecule has 0 heterocycles. The molecule has 0 amide bonds. The van der Waals surface area contributed by atoms with Gasteiger partial charge in [0.25, 0.3) is 0 Å². The van der Waals surface area contributed by atoms with Crippen LogP contribution in [-0.2, 0) is 10.0 Å². The summed E-state index contributed by atoms with van der Waals surface area (Å²) in [5, 5.41) is 0. The Labute approximate surface area is 132 Å². The molecule has 1 saturated carbocycles. The van der Waals surface area contributed by atoms with Crippen molar-refractivity contribution in [1.29, 1.82) is 0 Å². The van der Waals surface area contributed by atoms with Crippen molar-refractivity contribution >= 4 is 27.2 Å². The summed E-state index contributed by atoms with van der Waals surface area (Å²) in [5.41, 5.74) is 7.44. The van der Waals surface area contributed by atoms with Crippen molar-refractivity contribution in [3.8, 4) is 0 Å². The first-order chi connectivity index (χ1) is 9.82. The van der Waals surface area contributed by atoms with Crippen molar-refractivity contribution in [1.82, 2.24) is 4.31 Å². The molecule has 1 aromatic carbocycles. The SMILES string of the molecule is Cc1ccc(S(=O)(=O)N(CC(N)=S)C2CCCC2)c(C)c1. The maximum atomic E-state index is 13.0. The predicted octanol–water partition coefficient (Wildman–Crippen LogP) is 2.52. The second-order valence-electron chi connectivity index (χ2n) is 5.72. The number of aryl methyl sites for hydroxylation is 2. The van der Waals surface area contributed by atoms with Crippen LogP contribution in [0.3, 0.4) is 0 Å². The molecule has 1 aliphatic carbocycles. The van der Waals surface area contributed by atoms with E-state index in [0.29, 0.717) is 4.90 Å². The molecule has 2 rings (SSSR count). The molecule has 0 saturated heterocycles. The van der Waals surface area contributed by atoms with Gasteiger partial charge in [0, 0.05) is 6.04 Å². The number of nitrogens with zero attached hydrogens (tertiary/aromatic N) is 1. The number of rotatable bonds is 5. The summed E-state index contributed by atoms with van der Waals surface area (Å²) in [6.45, 7) is 3.90. The van der Waals surface area contributed by atoms with Gasteiger partial charge in [0.15, 0.2) is 0 Å². The molecule has 0 bridgehead atoms. The summed E-state index contributed by atoms with van der Waals surface area (Å²) in [6.07, 6.45) is 3.88. The highest BCUT2D eigenvalue weighted by Crippen LogP contribution is 2.29. The topological polar surface area (TPSA) is 63.4 Å². The van der Waals surface area contributed by atoms with E-state index in [0.717, 1.165) is 36.8 Å². The van der Waals surface area contributed by atoms with E-state index in [1.165, 1.54) is 4.31 Å². The minimum atomic E-state index is -3.56. The average Bonchev–Trinajstić information content (AvgIpc) is 2.88. The molecule has 1 fully saturated rings. The van der Waals surface area contributed by atoms with Gasteiger partial charge < -0.3 is 5.73 Å². The average molecular weight is 326 g/mol. The summed E-state index contributed by atoms with van der Waals surface area (Å²) in [4.78, 5) is 0.575. The van der Waals surface area contributed by atoms with Crippen LogP contribution < -0.4 is 5.73 Å². The van der Waals surface area contributed by atoms with Crippen LogP contribution in [0.25, 0.3) is 0 Å². The molecule has 0 spiro atoms. The predicted molar refractivity (Wildman–Crippen MR) is 88.8 cm³/mol. The fourth-order valence-electron chi connectivity index (χ4n) is 2.97. The van der Waals surface area contributed by atoms with Gasteiger partial charge in [-0.1, -0.05) is 42.8 Å². The van der Waals surface area contributed by atoms with E-state index >= 15 is 0 Å². The van der Waals surface area contributed by atoms with Crippen LogP contribution in [0.4, 0.5) is 0 Å². The molecule has 0 aliphatic heterocycles. The fraction of sp³-hybridized carbons (Fsp3) is 0.533. The first kappa shape index (κ1) is 16.4. The lowest BCUT2D eigenvalue weighted by molar-refractivity contribution is 0.355. The molecule has 0 atom stereocenters. The molecule has 0 aromatic heterocycles. The summed E-state index contributed by atoms with van der Waals surface area (Å²) < 4.78 is 27.5. The van der Waals surface area contributed by atoms with E-state index in [9.17, 15) is 8.42 Å². The van der Waals surface area contributed by atoms with Crippen LogP contribution in [-0.4, -0.2) is 30.3 Å². The second kappa shape index (κ2) is 6.42. The number of nitrogens with two attached hydrogens (primary N) is 1. The van der Waals surface area contributed by atoms with Crippen LogP contribution in [0.2, 0.25) is 0 Å². The molecule has 0 radical (unpaired) electrons. The molecular weight excluding hydrogens is 304 g/mol. The van der Waals surface area contributed by atoms with Gasteiger partial charge in [-0.25, -0.2) is 8.42 Å². The molecule has 6 heteroatoms. The summed E-state index contributed by atoms with van der Waals surface area (Å²) >= 11 is 4.95. The Morgan fingerprint density at radius 1 is 1.33 bits per heavy atom. The maximum absolute atomic E-state index is 13.0. The smallest absolute Gasteiger partial charge is 0.243 e. The Hall–Kier alpha value is -0.980. The number of benzene rings is 1. The summed E-state index contributed by atoms with van der Waals surface area (Å²) in [5.74, 6) is 0. The second-order valence-corrected chi connectivity index (χ2v) is 8.11. The van der Waals surface area contributed by atoms with Crippen molar-refractivity contribution in [2.24, 2.45) is 5.73 Å². The van der Waals surface area contributed by atoms with E-state index in [-0.39, 0.29) is 17.6 Å². The van der Waals surface area contributed by atoms with E-state index in [2.05, 4.69) is 0 Å². The van der Waals surface area contributed by atoms with E-state index in [1.807, 2.05) is 26.0 Å². The van der Waals surface area contributed by atoms with Crippen LogP contribution in [0.1, 0.15) is 36.8 Å². The van der Waals surface area contributed by atoms with Crippen LogP contribution in [0.15, 0.2) is 23.1 Å². The van der Waals surface area contributed by atoms with E-state index < -0.39 is 10.0 Å². The van der Waals surface area contributed by atoms with Crippen molar-refractivity contribution < 1.29 is 8.42 Å². The first-order valence-corrected chi connectivity index (χ1v) is 9.04. The number of sulfonamides is 1. The third-order valence-electron chi connectivity index (χ3n) is 3.96. The lowest BCUT2D eigenvalue weighted by Gasteiger charge is -2.28. The third-order valence-corrected chi connectivity index (χ3v) is 6.15. The fourth-order valence-corrected chi connectivity index (χ4v) is 5.06. The van der Waals surface area contributed by atoms with Gasteiger partial charge in [0.05, 0.1) is 16.4 Å². The normalized spacial score (nSPS) is 16.5. The van der Waals surface area contributed by atoms with Gasteiger partial charge in [0.1, 0.15) is 0 Å². The highest BCUT2D eigenvalue weighted by atomic mass is 32.2.